The van der Waals surface area contributed by atoms with Crippen molar-refractivity contribution in [3.63, 3.8) is 0 Å². The number of hydrogen-bond acceptors (Lipinski definition) is 3. The van der Waals surface area contributed by atoms with Crippen LogP contribution in [0.5, 0.6) is 0 Å². The van der Waals surface area contributed by atoms with Crippen molar-refractivity contribution in [3.05, 3.63) is 0 Å². The third kappa shape index (κ3) is 2.28. The molecule has 4 heteroatoms. The van der Waals surface area contributed by atoms with Gasteiger partial charge in [-0.2, -0.15) is 0 Å². The molecule has 0 bridgehead atoms. The van der Waals surface area contributed by atoms with Crippen molar-refractivity contribution in [2.75, 3.05) is 18.1 Å². The Labute approximate surface area is 86.2 Å². The number of sulfone groups is 1. The predicted molar refractivity (Wildman–Crippen MR) is 57.0 cm³/mol. The average molecular weight is 217 g/mol. The van der Waals surface area contributed by atoms with E-state index in [2.05, 4.69) is 12.2 Å². The van der Waals surface area contributed by atoms with E-state index < -0.39 is 9.84 Å². The van der Waals surface area contributed by atoms with Gasteiger partial charge in [0, 0.05) is 5.54 Å². The molecule has 0 amide bonds. The van der Waals surface area contributed by atoms with Crippen LogP contribution in [0, 0.1) is 5.92 Å². The van der Waals surface area contributed by atoms with Crippen LogP contribution >= 0.6 is 0 Å². The van der Waals surface area contributed by atoms with E-state index in [0.717, 1.165) is 19.4 Å². The number of rotatable bonds is 2. The van der Waals surface area contributed by atoms with Gasteiger partial charge in [0.1, 0.15) is 0 Å². The lowest BCUT2D eigenvalue weighted by Gasteiger charge is -2.27. The van der Waals surface area contributed by atoms with E-state index >= 15 is 0 Å². The summed E-state index contributed by atoms with van der Waals surface area (Å²) < 4.78 is 22.6. The van der Waals surface area contributed by atoms with Crippen LogP contribution in [0.3, 0.4) is 0 Å². The molecule has 2 fully saturated rings. The fraction of sp³-hybridized carbons (Fsp3) is 1.00. The zero-order valence-electron chi connectivity index (χ0n) is 8.75. The normalized spacial score (nSPS) is 41.6. The van der Waals surface area contributed by atoms with Gasteiger partial charge in [0.2, 0.25) is 0 Å². The summed E-state index contributed by atoms with van der Waals surface area (Å²) in [5.74, 6) is 1.23. The fourth-order valence-electron chi connectivity index (χ4n) is 2.80. The summed E-state index contributed by atoms with van der Waals surface area (Å²) in [5.41, 5.74) is 0.213. The molecule has 2 atom stereocenters. The lowest BCUT2D eigenvalue weighted by atomic mass is 9.87. The first-order chi connectivity index (χ1) is 6.49. The zero-order chi connectivity index (χ0) is 10.2. The molecule has 0 spiro atoms. The Balaban J connectivity index is 1.93. The largest absolute Gasteiger partial charge is 0.312 e. The quantitative estimate of drug-likeness (QED) is 0.749. The second-order valence-electron chi connectivity index (χ2n) is 5.06. The molecule has 0 aliphatic carbocycles. The molecule has 0 aromatic carbocycles. The molecule has 0 aromatic rings. The van der Waals surface area contributed by atoms with Gasteiger partial charge in [-0.1, -0.05) is 0 Å². The zero-order valence-corrected chi connectivity index (χ0v) is 9.57. The van der Waals surface area contributed by atoms with E-state index in [1.54, 1.807) is 0 Å². The van der Waals surface area contributed by atoms with Crippen LogP contribution in [-0.2, 0) is 9.84 Å². The van der Waals surface area contributed by atoms with E-state index in [-0.39, 0.29) is 5.54 Å². The lowest BCUT2D eigenvalue weighted by Crippen LogP contribution is -2.38. The minimum Gasteiger partial charge on any atom is -0.312 e. The third-order valence-corrected chi connectivity index (χ3v) is 5.36. The van der Waals surface area contributed by atoms with Gasteiger partial charge >= 0.3 is 0 Å². The Kier molecular flexibility index (Phi) is 2.60. The first-order valence-corrected chi connectivity index (χ1v) is 7.27. The summed E-state index contributed by atoms with van der Waals surface area (Å²) in [4.78, 5) is 0. The highest BCUT2D eigenvalue weighted by atomic mass is 32.2. The van der Waals surface area contributed by atoms with Crippen molar-refractivity contribution >= 4 is 9.84 Å². The molecule has 0 aromatic heterocycles. The van der Waals surface area contributed by atoms with Crippen LogP contribution in [0.2, 0.25) is 0 Å². The number of hydrogen-bond donors (Lipinski definition) is 1. The molecule has 82 valence electrons. The Hall–Kier alpha value is -0.0900. The Morgan fingerprint density at radius 3 is 2.79 bits per heavy atom. The maximum atomic E-state index is 11.3. The molecule has 1 N–H and O–H groups in total. The van der Waals surface area contributed by atoms with Crippen LogP contribution < -0.4 is 5.32 Å². The minimum atomic E-state index is -2.69. The fourth-order valence-corrected chi connectivity index (χ4v) is 4.66. The first-order valence-electron chi connectivity index (χ1n) is 5.45. The van der Waals surface area contributed by atoms with Crippen molar-refractivity contribution in [2.45, 2.75) is 38.1 Å². The molecule has 2 unspecified atom stereocenters. The molecule has 2 aliphatic heterocycles. The molecule has 2 aliphatic rings. The summed E-state index contributed by atoms with van der Waals surface area (Å²) >= 11 is 0. The molecular formula is C10H19NO2S. The van der Waals surface area contributed by atoms with Crippen molar-refractivity contribution in [1.82, 2.24) is 5.32 Å². The van der Waals surface area contributed by atoms with Gasteiger partial charge in [-0.05, 0) is 45.1 Å². The van der Waals surface area contributed by atoms with Crippen molar-refractivity contribution < 1.29 is 8.42 Å². The molecule has 0 saturated carbocycles. The van der Waals surface area contributed by atoms with Gasteiger partial charge < -0.3 is 5.32 Å². The van der Waals surface area contributed by atoms with Gasteiger partial charge in [-0.15, -0.1) is 0 Å². The lowest BCUT2D eigenvalue weighted by molar-refractivity contribution is 0.323. The highest BCUT2D eigenvalue weighted by Crippen LogP contribution is 2.31. The summed E-state index contributed by atoms with van der Waals surface area (Å²) in [6.45, 7) is 3.32. The molecule has 2 rings (SSSR count). The summed E-state index contributed by atoms with van der Waals surface area (Å²) in [5, 5.41) is 3.49. The summed E-state index contributed by atoms with van der Waals surface area (Å²) in [6.07, 6.45) is 4.34. The Bertz CT molecular complexity index is 304. The Morgan fingerprint density at radius 2 is 2.29 bits per heavy atom. The van der Waals surface area contributed by atoms with E-state index in [9.17, 15) is 8.42 Å². The van der Waals surface area contributed by atoms with Crippen LogP contribution in [0.15, 0.2) is 0 Å². The molecule has 0 radical (unpaired) electrons. The van der Waals surface area contributed by atoms with Crippen molar-refractivity contribution in [2.24, 2.45) is 5.92 Å². The van der Waals surface area contributed by atoms with Crippen LogP contribution in [0.25, 0.3) is 0 Å². The predicted octanol–water partition coefficient (Wildman–Crippen LogP) is 0.953. The molecule has 14 heavy (non-hydrogen) atoms. The summed E-state index contributed by atoms with van der Waals surface area (Å²) in [7, 11) is -2.69. The molecule has 2 saturated heterocycles. The molecule has 2 heterocycles. The van der Waals surface area contributed by atoms with E-state index in [0.29, 0.717) is 17.4 Å². The highest BCUT2D eigenvalue weighted by Gasteiger charge is 2.35. The molecule has 3 nitrogen and oxygen atoms in total. The smallest absolute Gasteiger partial charge is 0.150 e. The first kappa shape index (κ1) is 10.4. The van der Waals surface area contributed by atoms with Gasteiger partial charge in [0.25, 0.3) is 0 Å². The van der Waals surface area contributed by atoms with E-state index in [1.807, 2.05) is 0 Å². The van der Waals surface area contributed by atoms with Gasteiger partial charge in [-0.25, -0.2) is 8.42 Å². The molecular weight excluding hydrogens is 198 g/mol. The second kappa shape index (κ2) is 3.49. The SMILES string of the molecule is CC1(CC2CCS(=O)(=O)C2)CCCN1. The average Bonchev–Trinajstić information content (AvgIpc) is 2.59. The van der Waals surface area contributed by atoms with E-state index in [4.69, 9.17) is 0 Å². The van der Waals surface area contributed by atoms with E-state index in [1.165, 1.54) is 12.8 Å². The second-order valence-corrected chi connectivity index (χ2v) is 7.29. The Morgan fingerprint density at radius 1 is 1.50 bits per heavy atom. The van der Waals surface area contributed by atoms with Gasteiger partial charge in [-0.3, -0.25) is 0 Å². The van der Waals surface area contributed by atoms with Gasteiger partial charge in [0.15, 0.2) is 9.84 Å². The summed E-state index contributed by atoms with van der Waals surface area (Å²) in [6, 6.07) is 0. The van der Waals surface area contributed by atoms with Crippen molar-refractivity contribution in [3.8, 4) is 0 Å². The standard InChI is InChI=1S/C10H19NO2S/c1-10(4-2-5-11-10)7-9-3-6-14(12,13)8-9/h9,11H,2-8H2,1H3. The van der Waals surface area contributed by atoms with Crippen LogP contribution in [0.1, 0.15) is 32.6 Å². The minimum absolute atomic E-state index is 0.213. The van der Waals surface area contributed by atoms with Crippen LogP contribution in [-0.4, -0.2) is 32.0 Å². The third-order valence-electron chi connectivity index (χ3n) is 3.52. The monoisotopic (exact) mass is 217 g/mol. The van der Waals surface area contributed by atoms with Gasteiger partial charge in [0.05, 0.1) is 11.5 Å². The highest BCUT2D eigenvalue weighted by molar-refractivity contribution is 7.91. The maximum Gasteiger partial charge on any atom is 0.150 e. The van der Waals surface area contributed by atoms with Crippen molar-refractivity contribution in [1.29, 1.82) is 0 Å². The topological polar surface area (TPSA) is 46.2 Å². The number of nitrogens with one attached hydrogen (secondary N) is 1. The van der Waals surface area contributed by atoms with Crippen LogP contribution in [0.4, 0.5) is 0 Å². The maximum absolute atomic E-state index is 11.3.